The summed E-state index contributed by atoms with van der Waals surface area (Å²) >= 11 is 0. The molecule has 0 unspecified atom stereocenters. The van der Waals surface area contributed by atoms with Gasteiger partial charge in [0, 0.05) is 7.05 Å². The third-order valence-electron chi connectivity index (χ3n) is 1.66. The molecule has 0 fully saturated rings. The molecule has 66 valence electrons. The minimum atomic E-state index is 0.429. The Bertz CT molecular complexity index is 324. The van der Waals surface area contributed by atoms with Gasteiger partial charge in [-0.1, -0.05) is 5.92 Å². The molecule has 0 bridgehead atoms. The maximum absolute atomic E-state index is 10.3. The second-order valence-electron chi connectivity index (χ2n) is 2.62. The van der Waals surface area contributed by atoms with E-state index < -0.39 is 0 Å². The van der Waals surface area contributed by atoms with Crippen LogP contribution in [0.25, 0.3) is 0 Å². The molecule has 1 heterocycles. The number of aldehydes is 1. The number of anilines is 1. The van der Waals surface area contributed by atoms with Crippen molar-refractivity contribution in [3.8, 4) is 12.3 Å². The summed E-state index contributed by atoms with van der Waals surface area (Å²) in [6.45, 7) is 0.530. The second kappa shape index (κ2) is 4.27. The Balaban J connectivity index is 2.80. The van der Waals surface area contributed by atoms with Crippen LogP contribution in [0.3, 0.4) is 0 Å². The summed E-state index contributed by atoms with van der Waals surface area (Å²) < 4.78 is 0. The van der Waals surface area contributed by atoms with Crippen LogP contribution in [0.1, 0.15) is 10.5 Å². The van der Waals surface area contributed by atoms with E-state index in [9.17, 15) is 4.79 Å². The molecule has 0 radical (unpaired) electrons. The lowest BCUT2D eigenvalue weighted by Gasteiger charge is -2.14. The largest absolute Gasteiger partial charge is 0.362 e. The minimum absolute atomic E-state index is 0.429. The molecular formula is C10H10N2O. The van der Waals surface area contributed by atoms with Gasteiger partial charge in [-0.25, -0.2) is 0 Å². The standard InChI is InChI=1S/C10H10N2O/c1-3-6-12(2)10-5-4-9(8-13)11-7-10/h1,4-5,7-8H,6H2,2H3. The van der Waals surface area contributed by atoms with Crippen molar-refractivity contribution in [2.24, 2.45) is 0 Å². The number of pyridine rings is 1. The zero-order valence-corrected chi connectivity index (χ0v) is 7.40. The van der Waals surface area contributed by atoms with Crippen molar-refractivity contribution in [3.63, 3.8) is 0 Å². The molecule has 3 nitrogen and oxygen atoms in total. The Kier molecular flexibility index (Phi) is 3.04. The molecule has 0 atom stereocenters. The van der Waals surface area contributed by atoms with Gasteiger partial charge in [0.1, 0.15) is 5.69 Å². The number of hydrogen-bond acceptors (Lipinski definition) is 3. The number of nitrogens with zero attached hydrogens (tertiary/aromatic N) is 2. The van der Waals surface area contributed by atoms with E-state index in [1.807, 2.05) is 18.0 Å². The SMILES string of the molecule is C#CCN(C)c1ccc(C=O)nc1. The van der Waals surface area contributed by atoms with Gasteiger partial charge in [-0.05, 0) is 12.1 Å². The Labute approximate surface area is 77.4 Å². The first-order valence-electron chi connectivity index (χ1n) is 3.83. The molecule has 3 heteroatoms. The number of terminal acetylenes is 1. The maximum Gasteiger partial charge on any atom is 0.168 e. The number of carbonyl (C=O) groups excluding carboxylic acids is 1. The first-order valence-corrected chi connectivity index (χ1v) is 3.83. The normalized spacial score (nSPS) is 8.92. The Morgan fingerprint density at radius 3 is 2.92 bits per heavy atom. The summed E-state index contributed by atoms with van der Waals surface area (Å²) in [5.41, 5.74) is 1.33. The molecule has 0 amide bonds. The lowest BCUT2D eigenvalue weighted by Crippen LogP contribution is -2.17. The molecule has 1 aromatic rings. The highest BCUT2D eigenvalue weighted by molar-refractivity contribution is 5.72. The predicted molar refractivity (Wildman–Crippen MR) is 51.7 cm³/mol. The number of hydrogen-bond donors (Lipinski definition) is 0. The van der Waals surface area contributed by atoms with Crippen molar-refractivity contribution >= 4 is 12.0 Å². The highest BCUT2D eigenvalue weighted by Crippen LogP contribution is 2.09. The van der Waals surface area contributed by atoms with E-state index in [0.717, 1.165) is 5.69 Å². The summed E-state index contributed by atoms with van der Waals surface area (Å²) in [4.78, 5) is 16.1. The van der Waals surface area contributed by atoms with Crippen LogP contribution < -0.4 is 4.90 Å². The van der Waals surface area contributed by atoms with E-state index in [1.165, 1.54) is 0 Å². The fourth-order valence-corrected chi connectivity index (χ4v) is 0.921. The third kappa shape index (κ3) is 2.31. The summed E-state index contributed by atoms with van der Waals surface area (Å²) in [5, 5.41) is 0. The molecule has 0 spiro atoms. The van der Waals surface area contributed by atoms with E-state index in [0.29, 0.717) is 18.5 Å². The van der Waals surface area contributed by atoms with Crippen molar-refractivity contribution in [1.82, 2.24) is 4.98 Å². The van der Waals surface area contributed by atoms with E-state index in [4.69, 9.17) is 6.42 Å². The van der Waals surface area contributed by atoms with Gasteiger partial charge in [0.2, 0.25) is 0 Å². The molecule has 13 heavy (non-hydrogen) atoms. The first-order chi connectivity index (χ1) is 6.27. The van der Waals surface area contributed by atoms with Crippen LogP contribution in [0, 0.1) is 12.3 Å². The van der Waals surface area contributed by atoms with Crippen LogP contribution in [-0.4, -0.2) is 24.9 Å². The summed E-state index contributed by atoms with van der Waals surface area (Å²) in [6, 6.07) is 3.48. The lowest BCUT2D eigenvalue weighted by atomic mass is 10.3. The quantitative estimate of drug-likeness (QED) is 0.505. The van der Waals surface area contributed by atoms with Crippen LogP contribution in [0.2, 0.25) is 0 Å². The van der Waals surface area contributed by atoms with Gasteiger partial charge in [0.25, 0.3) is 0 Å². The number of carbonyl (C=O) groups is 1. The Morgan fingerprint density at radius 2 is 2.46 bits per heavy atom. The number of aromatic nitrogens is 1. The molecule has 1 aromatic heterocycles. The molecule has 1 rings (SSSR count). The predicted octanol–water partition coefficient (Wildman–Crippen LogP) is 0.964. The Hall–Kier alpha value is -1.82. The maximum atomic E-state index is 10.3. The molecule has 0 saturated heterocycles. The molecule has 0 aromatic carbocycles. The first kappa shape index (κ1) is 9.27. The van der Waals surface area contributed by atoms with Gasteiger partial charge in [0.15, 0.2) is 6.29 Å². The zero-order valence-electron chi connectivity index (χ0n) is 7.40. The van der Waals surface area contributed by atoms with Crippen molar-refractivity contribution in [2.75, 3.05) is 18.5 Å². The average molecular weight is 174 g/mol. The van der Waals surface area contributed by atoms with Crippen molar-refractivity contribution < 1.29 is 4.79 Å². The van der Waals surface area contributed by atoms with Gasteiger partial charge >= 0.3 is 0 Å². The lowest BCUT2D eigenvalue weighted by molar-refractivity contribution is 0.111. The molecule has 0 aliphatic rings. The second-order valence-corrected chi connectivity index (χ2v) is 2.62. The van der Waals surface area contributed by atoms with Crippen LogP contribution in [0.15, 0.2) is 18.3 Å². The van der Waals surface area contributed by atoms with E-state index in [1.54, 1.807) is 12.3 Å². The zero-order chi connectivity index (χ0) is 9.68. The van der Waals surface area contributed by atoms with Gasteiger partial charge in [0.05, 0.1) is 18.4 Å². The highest BCUT2D eigenvalue weighted by atomic mass is 16.1. The van der Waals surface area contributed by atoms with Crippen molar-refractivity contribution in [2.45, 2.75) is 0 Å². The van der Waals surface area contributed by atoms with Crippen LogP contribution in [-0.2, 0) is 0 Å². The van der Waals surface area contributed by atoms with E-state index >= 15 is 0 Å². The van der Waals surface area contributed by atoms with Gasteiger partial charge in [-0.15, -0.1) is 6.42 Å². The molecule has 0 aliphatic heterocycles. The molecular weight excluding hydrogens is 164 g/mol. The topological polar surface area (TPSA) is 33.2 Å². The molecule has 0 saturated carbocycles. The smallest absolute Gasteiger partial charge is 0.168 e. The van der Waals surface area contributed by atoms with Crippen molar-refractivity contribution in [1.29, 1.82) is 0 Å². The number of rotatable bonds is 3. The minimum Gasteiger partial charge on any atom is -0.362 e. The fraction of sp³-hybridized carbons (Fsp3) is 0.200. The van der Waals surface area contributed by atoms with E-state index in [-0.39, 0.29) is 0 Å². The van der Waals surface area contributed by atoms with Crippen LogP contribution in [0.4, 0.5) is 5.69 Å². The monoisotopic (exact) mass is 174 g/mol. The summed E-state index contributed by atoms with van der Waals surface area (Å²) in [5.74, 6) is 2.52. The summed E-state index contributed by atoms with van der Waals surface area (Å²) in [6.07, 6.45) is 7.49. The van der Waals surface area contributed by atoms with Gasteiger partial charge < -0.3 is 4.90 Å². The summed E-state index contributed by atoms with van der Waals surface area (Å²) in [7, 11) is 1.87. The van der Waals surface area contributed by atoms with Gasteiger partial charge in [-0.3, -0.25) is 9.78 Å². The van der Waals surface area contributed by atoms with Crippen molar-refractivity contribution in [3.05, 3.63) is 24.0 Å². The highest BCUT2D eigenvalue weighted by Gasteiger charge is 1.98. The fourth-order valence-electron chi connectivity index (χ4n) is 0.921. The van der Waals surface area contributed by atoms with Crippen LogP contribution >= 0.6 is 0 Å². The van der Waals surface area contributed by atoms with Crippen LogP contribution in [0.5, 0.6) is 0 Å². The third-order valence-corrected chi connectivity index (χ3v) is 1.66. The average Bonchev–Trinajstić information content (AvgIpc) is 2.18. The van der Waals surface area contributed by atoms with E-state index in [2.05, 4.69) is 10.9 Å². The Morgan fingerprint density at radius 1 is 1.69 bits per heavy atom. The van der Waals surface area contributed by atoms with Gasteiger partial charge in [-0.2, -0.15) is 0 Å². The molecule has 0 aliphatic carbocycles. The molecule has 0 N–H and O–H groups in total.